The van der Waals surface area contributed by atoms with Crippen molar-refractivity contribution in [3.05, 3.63) is 35.1 Å². The summed E-state index contributed by atoms with van der Waals surface area (Å²) < 4.78 is 5.34. The number of aliphatic hydroxyl groups is 2. The van der Waals surface area contributed by atoms with Gasteiger partial charge in [-0.25, -0.2) is 0 Å². The fourth-order valence-electron chi connectivity index (χ4n) is 2.04. The van der Waals surface area contributed by atoms with Gasteiger partial charge in [-0.2, -0.15) is 0 Å². The number of ether oxygens (including phenoxy) is 1. The number of carbonyl (C=O) groups excluding carboxylic acids is 1. The van der Waals surface area contributed by atoms with E-state index in [9.17, 15) is 15.0 Å². The molecule has 2 heterocycles. The Morgan fingerprint density at radius 2 is 2.37 bits per heavy atom. The average molecular weight is 267 g/mol. The lowest BCUT2D eigenvalue weighted by atomic mass is 9.95. The Morgan fingerprint density at radius 1 is 1.68 bits per heavy atom. The first-order chi connectivity index (χ1) is 8.90. The molecule has 0 radical (unpaired) electrons. The molecule has 19 heavy (non-hydrogen) atoms. The van der Waals surface area contributed by atoms with Crippen molar-refractivity contribution in [3.63, 3.8) is 0 Å². The smallest absolute Gasteiger partial charge is 0.248 e. The summed E-state index contributed by atoms with van der Waals surface area (Å²) in [6.07, 6.45) is -1.08. The maximum atomic E-state index is 11.1. The molecule has 1 fully saturated rings. The molecule has 0 aromatic rings. The second-order valence-corrected chi connectivity index (χ2v) is 4.40. The minimum absolute atomic E-state index is 0.0254. The van der Waals surface area contributed by atoms with Crippen LogP contribution in [0.4, 0.5) is 0 Å². The molecule has 4 atom stereocenters. The molecule has 1 amide bonds. The van der Waals surface area contributed by atoms with Crippen molar-refractivity contribution in [2.24, 2.45) is 5.11 Å². The molecular formula is C10H13N5O4. The number of rotatable bonds is 2. The van der Waals surface area contributed by atoms with Crippen LogP contribution in [0.3, 0.4) is 0 Å². The van der Waals surface area contributed by atoms with Gasteiger partial charge in [0.05, 0.1) is 0 Å². The summed E-state index contributed by atoms with van der Waals surface area (Å²) in [5.41, 5.74) is 7.24. The van der Waals surface area contributed by atoms with Gasteiger partial charge >= 0.3 is 0 Å². The summed E-state index contributed by atoms with van der Waals surface area (Å²) in [6.45, 7) is 4.99. The number of nitrogens with one attached hydrogen (secondary N) is 1. The van der Waals surface area contributed by atoms with Gasteiger partial charge in [-0.15, -0.1) is 0 Å². The fraction of sp³-hybridized carbons (Fsp3) is 0.500. The van der Waals surface area contributed by atoms with Crippen molar-refractivity contribution in [2.45, 2.75) is 31.1 Å². The Kier molecular flexibility index (Phi) is 3.11. The zero-order valence-corrected chi connectivity index (χ0v) is 10.1. The van der Waals surface area contributed by atoms with Gasteiger partial charge in [-0.05, 0) is 12.5 Å². The van der Waals surface area contributed by atoms with Crippen LogP contribution in [-0.4, -0.2) is 45.2 Å². The molecule has 0 spiro atoms. The Hall–Kier alpha value is -2.22. The van der Waals surface area contributed by atoms with E-state index in [2.05, 4.69) is 21.9 Å². The molecule has 0 aromatic carbocycles. The fourth-order valence-corrected chi connectivity index (χ4v) is 2.04. The lowest BCUT2D eigenvalue weighted by molar-refractivity contribution is -0.137. The number of amides is 1. The highest BCUT2D eigenvalue weighted by atomic mass is 16.5. The summed E-state index contributed by atoms with van der Waals surface area (Å²) in [5, 5.41) is 25.6. The van der Waals surface area contributed by atoms with E-state index < -0.39 is 30.1 Å². The van der Waals surface area contributed by atoms with Crippen molar-refractivity contribution in [2.75, 3.05) is 0 Å². The number of azide groups is 1. The molecule has 2 aliphatic rings. The van der Waals surface area contributed by atoms with Crippen LogP contribution in [0.5, 0.6) is 0 Å². The van der Waals surface area contributed by atoms with Crippen LogP contribution in [0.1, 0.15) is 6.92 Å². The Bertz CT molecular complexity index is 500. The monoisotopic (exact) mass is 267 g/mol. The van der Waals surface area contributed by atoms with E-state index in [1.165, 1.54) is 24.1 Å². The van der Waals surface area contributed by atoms with Gasteiger partial charge in [0.1, 0.15) is 17.4 Å². The van der Waals surface area contributed by atoms with E-state index in [1.807, 2.05) is 0 Å². The number of hydrogen-bond donors (Lipinski definition) is 3. The van der Waals surface area contributed by atoms with E-state index in [1.54, 1.807) is 0 Å². The summed E-state index contributed by atoms with van der Waals surface area (Å²) >= 11 is 0. The topological polar surface area (TPSA) is 131 Å². The standard InChI is InChI=1S/C10H13N5O4/c1-5-7(17)10(2,13-14-11)8(19-5)15-4-3-6(16)12-9(15)18/h3-4,7-9,17-18H,1H2,2H3,(H,12,16)/t7-,8-,9?,10-/m1/s1. The normalized spacial score (nSPS) is 37.6. The van der Waals surface area contributed by atoms with Crippen molar-refractivity contribution in [1.82, 2.24) is 10.2 Å². The highest BCUT2D eigenvalue weighted by Gasteiger charge is 2.54. The van der Waals surface area contributed by atoms with E-state index in [0.717, 1.165) is 0 Å². The molecule has 102 valence electrons. The average Bonchev–Trinajstić information content (AvgIpc) is 2.55. The van der Waals surface area contributed by atoms with Gasteiger partial charge in [0.2, 0.25) is 12.3 Å². The van der Waals surface area contributed by atoms with Crippen LogP contribution < -0.4 is 5.32 Å². The molecule has 2 aliphatic heterocycles. The van der Waals surface area contributed by atoms with Gasteiger partial charge in [0.15, 0.2) is 6.23 Å². The number of hydrogen-bond acceptors (Lipinski definition) is 6. The van der Waals surface area contributed by atoms with Crippen LogP contribution in [0.15, 0.2) is 29.7 Å². The SMILES string of the molecule is C=C1O[C@@H](N2C=CC(=O)NC2O)[C@](C)(N=[N+]=[N-])[C@@H]1O. The van der Waals surface area contributed by atoms with Crippen molar-refractivity contribution in [1.29, 1.82) is 0 Å². The van der Waals surface area contributed by atoms with Crippen LogP contribution in [0, 0.1) is 0 Å². The van der Waals surface area contributed by atoms with Crippen molar-refractivity contribution in [3.8, 4) is 0 Å². The largest absolute Gasteiger partial charge is 0.472 e. The van der Waals surface area contributed by atoms with Crippen LogP contribution in [0.2, 0.25) is 0 Å². The van der Waals surface area contributed by atoms with E-state index in [4.69, 9.17) is 10.3 Å². The third-order valence-corrected chi connectivity index (χ3v) is 3.10. The predicted octanol–water partition coefficient (Wildman–Crippen LogP) is -0.492. The zero-order chi connectivity index (χ0) is 14.2. The van der Waals surface area contributed by atoms with Crippen molar-refractivity contribution >= 4 is 5.91 Å². The summed E-state index contributed by atoms with van der Waals surface area (Å²) in [5.74, 6) is -0.441. The zero-order valence-electron chi connectivity index (χ0n) is 10.1. The highest BCUT2D eigenvalue weighted by molar-refractivity contribution is 5.88. The van der Waals surface area contributed by atoms with E-state index in [0.29, 0.717) is 0 Å². The Labute approximate surface area is 108 Å². The predicted molar refractivity (Wildman–Crippen MR) is 62.7 cm³/mol. The number of nitrogens with zero attached hydrogens (tertiary/aromatic N) is 4. The molecule has 9 nitrogen and oxygen atoms in total. The highest BCUT2D eigenvalue weighted by Crippen LogP contribution is 2.38. The maximum absolute atomic E-state index is 11.1. The molecule has 9 heteroatoms. The van der Waals surface area contributed by atoms with Gasteiger partial charge in [-0.1, -0.05) is 11.7 Å². The first-order valence-corrected chi connectivity index (χ1v) is 5.44. The molecule has 0 aromatic heterocycles. The third kappa shape index (κ3) is 1.99. The number of aliphatic hydroxyl groups excluding tert-OH is 2. The number of carbonyl (C=O) groups is 1. The third-order valence-electron chi connectivity index (χ3n) is 3.10. The maximum Gasteiger partial charge on any atom is 0.248 e. The van der Waals surface area contributed by atoms with Crippen LogP contribution in [0.25, 0.3) is 10.4 Å². The van der Waals surface area contributed by atoms with Crippen LogP contribution in [-0.2, 0) is 9.53 Å². The molecule has 1 unspecified atom stereocenters. The lowest BCUT2D eigenvalue weighted by Gasteiger charge is -2.38. The van der Waals surface area contributed by atoms with Crippen molar-refractivity contribution < 1.29 is 19.7 Å². The molecule has 0 bridgehead atoms. The second kappa shape index (κ2) is 4.47. The summed E-state index contributed by atoms with van der Waals surface area (Å²) in [7, 11) is 0. The molecule has 1 saturated heterocycles. The molecular weight excluding hydrogens is 254 g/mol. The second-order valence-electron chi connectivity index (χ2n) is 4.40. The van der Waals surface area contributed by atoms with Crippen LogP contribution >= 0.6 is 0 Å². The van der Waals surface area contributed by atoms with E-state index >= 15 is 0 Å². The Morgan fingerprint density at radius 3 is 2.95 bits per heavy atom. The summed E-state index contributed by atoms with van der Waals surface area (Å²) in [6, 6.07) is 0. The van der Waals surface area contributed by atoms with E-state index in [-0.39, 0.29) is 5.76 Å². The summed E-state index contributed by atoms with van der Waals surface area (Å²) in [4.78, 5) is 15.0. The minimum Gasteiger partial charge on any atom is -0.472 e. The van der Waals surface area contributed by atoms with Gasteiger partial charge < -0.3 is 20.3 Å². The molecule has 0 aliphatic carbocycles. The quantitative estimate of drug-likeness (QED) is 0.353. The van der Waals surface area contributed by atoms with Gasteiger partial charge in [0.25, 0.3) is 0 Å². The first kappa shape index (κ1) is 13.2. The minimum atomic E-state index is -1.38. The lowest BCUT2D eigenvalue weighted by Crippen LogP contribution is -2.58. The first-order valence-electron chi connectivity index (χ1n) is 5.44. The van der Waals surface area contributed by atoms with Gasteiger partial charge in [0, 0.05) is 17.2 Å². The molecule has 3 N–H and O–H groups in total. The van der Waals surface area contributed by atoms with Gasteiger partial charge in [-0.3, -0.25) is 9.69 Å². The molecule has 0 saturated carbocycles. The Balaban J connectivity index is 2.38. The molecule has 2 rings (SSSR count).